The zero-order valence-electron chi connectivity index (χ0n) is 12.7. The van der Waals surface area contributed by atoms with Gasteiger partial charge in [-0.1, -0.05) is 17.8 Å². The Bertz CT molecular complexity index is 505. The van der Waals surface area contributed by atoms with Crippen molar-refractivity contribution in [2.24, 2.45) is 5.73 Å². The number of nitrogens with two attached hydrogens (primary N) is 1. The van der Waals surface area contributed by atoms with Crippen LogP contribution < -0.4 is 10.6 Å². The van der Waals surface area contributed by atoms with Gasteiger partial charge in [0.15, 0.2) is 0 Å². The number of thioether (sulfide) groups is 1. The second-order valence-corrected chi connectivity index (χ2v) is 7.14. The van der Waals surface area contributed by atoms with Gasteiger partial charge < -0.3 is 10.6 Å². The molecule has 0 spiro atoms. The van der Waals surface area contributed by atoms with Gasteiger partial charge in [0, 0.05) is 32.2 Å². The molecule has 2 aliphatic rings. The number of anilines is 1. The lowest BCUT2D eigenvalue weighted by atomic mass is 10.2. The van der Waals surface area contributed by atoms with E-state index in [4.69, 9.17) is 5.73 Å². The number of hydrogen-bond acceptors (Lipinski definition) is 6. The highest BCUT2D eigenvalue weighted by atomic mass is 32.2. The molecule has 1 unspecified atom stereocenters. The Labute approximate surface area is 130 Å². The van der Waals surface area contributed by atoms with Crippen LogP contribution in [0, 0.1) is 0 Å². The van der Waals surface area contributed by atoms with Crippen molar-refractivity contribution in [1.82, 2.24) is 14.9 Å². The van der Waals surface area contributed by atoms with E-state index in [1.165, 1.54) is 0 Å². The Morgan fingerprint density at radius 3 is 2.48 bits per heavy atom. The largest absolute Gasteiger partial charge is 0.394 e. The van der Waals surface area contributed by atoms with E-state index in [2.05, 4.69) is 39.7 Å². The molecule has 6 heteroatoms. The van der Waals surface area contributed by atoms with E-state index in [1.807, 2.05) is 12.4 Å². The SMILES string of the molecule is CC(C)N1CCN(c2cnc(C3CC=C(N)S3)cn2)CC1. The van der Waals surface area contributed by atoms with Crippen molar-refractivity contribution in [3.63, 3.8) is 0 Å². The van der Waals surface area contributed by atoms with E-state index in [-0.39, 0.29) is 0 Å². The molecule has 1 aromatic rings. The predicted molar refractivity (Wildman–Crippen MR) is 88.2 cm³/mol. The van der Waals surface area contributed by atoms with Gasteiger partial charge in [-0.3, -0.25) is 9.88 Å². The predicted octanol–water partition coefficient (Wildman–Crippen LogP) is 1.99. The molecular weight excluding hydrogens is 282 g/mol. The van der Waals surface area contributed by atoms with Crippen LogP contribution in [0.1, 0.15) is 31.2 Å². The van der Waals surface area contributed by atoms with Crippen molar-refractivity contribution in [3.05, 3.63) is 29.2 Å². The summed E-state index contributed by atoms with van der Waals surface area (Å²) in [6, 6.07) is 0.623. The van der Waals surface area contributed by atoms with Gasteiger partial charge in [0.1, 0.15) is 5.82 Å². The Morgan fingerprint density at radius 1 is 1.19 bits per heavy atom. The molecule has 21 heavy (non-hydrogen) atoms. The maximum absolute atomic E-state index is 5.81. The summed E-state index contributed by atoms with van der Waals surface area (Å²) in [6.07, 6.45) is 6.84. The van der Waals surface area contributed by atoms with Gasteiger partial charge in [-0.15, -0.1) is 0 Å². The molecule has 2 aliphatic heterocycles. The van der Waals surface area contributed by atoms with E-state index in [0.29, 0.717) is 11.3 Å². The van der Waals surface area contributed by atoms with Gasteiger partial charge in [0.05, 0.1) is 28.4 Å². The van der Waals surface area contributed by atoms with E-state index in [1.54, 1.807) is 11.8 Å². The first-order chi connectivity index (χ1) is 10.1. The molecule has 1 saturated heterocycles. The lowest BCUT2D eigenvalue weighted by Crippen LogP contribution is -2.49. The monoisotopic (exact) mass is 305 g/mol. The Kier molecular flexibility index (Phi) is 4.35. The number of aromatic nitrogens is 2. The summed E-state index contributed by atoms with van der Waals surface area (Å²) in [5.41, 5.74) is 6.84. The topological polar surface area (TPSA) is 58.3 Å². The van der Waals surface area contributed by atoms with E-state index in [0.717, 1.165) is 49.1 Å². The molecule has 0 saturated carbocycles. The number of hydrogen-bond donors (Lipinski definition) is 1. The van der Waals surface area contributed by atoms with Gasteiger partial charge >= 0.3 is 0 Å². The molecule has 1 aromatic heterocycles. The molecule has 5 nitrogen and oxygen atoms in total. The smallest absolute Gasteiger partial charge is 0.147 e. The number of nitrogens with zero attached hydrogens (tertiary/aromatic N) is 4. The van der Waals surface area contributed by atoms with Crippen molar-refractivity contribution >= 4 is 17.6 Å². The lowest BCUT2D eigenvalue weighted by Gasteiger charge is -2.37. The van der Waals surface area contributed by atoms with Gasteiger partial charge in [-0.05, 0) is 20.3 Å². The van der Waals surface area contributed by atoms with Crippen LogP contribution in [0.5, 0.6) is 0 Å². The van der Waals surface area contributed by atoms with Crippen molar-refractivity contribution in [2.75, 3.05) is 31.1 Å². The minimum atomic E-state index is 0.337. The average molecular weight is 305 g/mol. The number of rotatable bonds is 3. The fourth-order valence-electron chi connectivity index (χ4n) is 2.79. The van der Waals surface area contributed by atoms with Crippen LogP contribution in [0.3, 0.4) is 0 Å². The van der Waals surface area contributed by atoms with Crippen LogP contribution in [0.15, 0.2) is 23.5 Å². The minimum Gasteiger partial charge on any atom is -0.394 e. The molecule has 0 aromatic carbocycles. The summed E-state index contributed by atoms with van der Waals surface area (Å²) in [6.45, 7) is 8.75. The van der Waals surface area contributed by atoms with Crippen LogP contribution in [0.25, 0.3) is 0 Å². The molecule has 1 fully saturated rings. The second-order valence-electron chi connectivity index (χ2n) is 5.86. The zero-order chi connectivity index (χ0) is 14.8. The first-order valence-electron chi connectivity index (χ1n) is 7.56. The fraction of sp³-hybridized carbons (Fsp3) is 0.600. The van der Waals surface area contributed by atoms with Crippen LogP contribution >= 0.6 is 11.8 Å². The maximum Gasteiger partial charge on any atom is 0.147 e. The molecule has 0 amide bonds. The third-order valence-corrected chi connectivity index (χ3v) is 5.33. The summed E-state index contributed by atoms with van der Waals surface area (Å²) in [5.74, 6) is 0.992. The van der Waals surface area contributed by atoms with Gasteiger partial charge in [-0.2, -0.15) is 0 Å². The van der Waals surface area contributed by atoms with Crippen molar-refractivity contribution in [3.8, 4) is 0 Å². The Hall–Kier alpha value is -1.27. The van der Waals surface area contributed by atoms with Crippen LogP contribution in [-0.4, -0.2) is 47.1 Å². The Morgan fingerprint density at radius 2 is 1.95 bits per heavy atom. The minimum absolute atomic E-state index is 0.337. The quantitative estimate of drug-likeness (QED) is 0.921. The van der Waals surface area contributed by atoms with Crippen LogP contribution in [0.4, 0.5) is 5.82 Å². The molecule has 114 valence electrons. The second kappa shape index (κ2) is 6.23. The molecule has 3 heterocycles. The highest BCUT2D eigenvalue weighted by Gasteiger charge is 2.22. The van der Waals surface area contributed by atoms with E-state index >= 15 is 0 Å². The molecular formula is C15H23N5S. The molecule has 0 bridgehead atoms. The highest BCUT2D eigenvalue weighted by molar-refractivity contribution is 8.03. The zero-order valence-corrected chi connectivity index (χ0v) is 13.5. The van der Waals surface area contributed by atoms with Crippen molar-refractivity contribution in [2.45, 2.75) is 31.6 Å². The third kappa shape index (κ3) is 3.32. The van der Waals surface area contributed by atoms with Gasteiger partial charge in [-0.25, -0.2) is 4.98 Å². The summed E-state index contributed by atoms with van der Waals surface area (Å²) in [4.78, 5) is 14.0. The normalized spacial score (nSPS) is 23.7. The molecule has 0 aliphatic carbocycles. The van der Waals surface area contributed by atoms with E-state index in [9.17, 15) is 0 Å². The number of piperazine rings is 1. The van der Waals surface area contributed by atoms with Crippen LogP contribution in [-0.2, 0) is 0 Å². The molecule has 3 rings (SSSR count). The van der Waals surface area contributed by atoms with Crippen molar-refractivity contribution in [1.29, 1.82) is 0 Å². The Balaban J connectivity index is 1.60. The van der Waals surface area contributed by atoms with Gasteiger partial charge in [0.25, 0.3) is 0 Å². The molecule has 0 radical (unpaired) electrons. The first-order valence-corrected chi connectivity index (χ1v) is 8.44. The average Bonchev–Trinajstić information content (AvgIpc) is 2.94. The summed E-state index contributed by atoms with van der Waals surface area (Å²) < 4.78 is 0. The lowest BCUT2D eigenvalue weighted by molar-refractivity contribution is 0.209. The third-order valence-electron chi connectivity index (χ3n) is 4.17. The van der Waals surface area contributed by atoms with Crippen LogP contribution in [0.2, 0.25) is 0 Å². The summed E-state index contributed by atoms with van der Waals surface area (Å²) in [5, 5.41) is 1.24. The maximum atomic E-state index is 5.81. The molecule has 2 N–H and O–H groups in total. The number of allylic oxidation sites excluding steroid dienone is 1. The molecule has 1 atom stereocenters. The first kappa shape index (κ1) is 14.7. The van der Waals surface area contributed by atoms with Gasteiger partial charge in [0.2, 0.25) is 0 Å². The van der Waals surface area contributed by atoms with Crippen molar-refractivity contribution < 1.29 is 0 Å². The summed E-state index contributed by atoms with van der Waals surface area (Å²) in [7, 11) is 0. The highest BCUT2D eigenvalue weighted by Crippen LogP contribution is 2.40. The van der Waals surface area contributed by atoms with E-state index < -0.39 is 0 Å². The fourth-order valence-corrected chi connectivity index (χ4v) is 3.75. The standard InChI is InChI=1S/C15H23N5S/c1-11(2)19-5-7-20(8-6-19)15-10-17-12(9-18-15)13-3-4-14(16)21-13/h4,9-11,13H,3,5-8,16H2,1-2H3. The summed E-state index contributed by atoms with van der Waals surface area (Å²) >= 11 is 1.68.